The summed E-state index contributed by atoms with van der Waals surface area (Å²) in [4.78, 5) is 19.1. The lowest BCUT2D eigenvalue weighted by atomic mass is 10.0. The lowest BCUT2D eigenvalue weighted by Gasteiger charge is -2.33. The SMILES string of the molecule is Cl.Cl.Nc1ccc(NC(=O)C(c2ccccc2)N2CCSCC2)cn1. The van der Waals surface area contributed by atoms with Crippen LogP contribution in [0.25, 0.3) is 0 Å². The predicted molar refractivity (Wildman–Crippen MR) is 110 cm³/mol. The van der Waals surface area contributed by atoms with Crippen molar-refractivity contribution in [3.05, 3.63) is 54.2 Å². The number of anilines is 2. The van der Waals surface area contributed by atoms with Crippen LogP contribution in [0.3, 0.4) is 0 Å². The fraction of sp³-hybridized carbons (Fsp3) is 0.294. The highest BCUT2D eigenvalue weighted by molar-refractivity contribution is 7.99. The topological polar surface area (TPSA) is 71.2 Å². The average molecular weight is 401 g/mol. The summed E-state index contributed by atoms with van der Waals surface area (Å²) in [6, 6.07) is 13.1. The first-order valence-corrected chi connectivity index (χ1v) is 8.78. The highest BCUT2D eigenvalue weighted by Crippen LogP contribution is 2.25. The van der Waals surface area contributed by atoms with Crippen molar-refractivity contribution in [2.75, 3.05) is 35.6 Å². The number of aromatic nitrogens is 1. The minimum Gasteiger partial charge on any atom is -0.384 e. The fourth-order valence-electron chi connectivity index (χ4n) is 2.69. The van der Waals surface area contributed by atoms with E-state index in [-0.39, 0.29) is 36.8 Å². The molecule has 136 valence electrons. The van der Waals surface area contributed by atoms with Gasteiger partial charge in [-0.1, -0.05) is 30.3 Å². The zero-order chi connectivity index (χ0) is 16.1. The van der Waals surface area contributed by atoms with Gasteiger partial charge in [0.05, 0.1) is 11.9 Å². The average Bonchev–Trinajstić information content (AvgIpc) is 2.59. The first-order chi connectivity index (χ1) is 11.2. The third-order valence-corrected chi connectivity index (χ3v) is 4.77. The van der Waals surface area contributed by atoms with Crippen LogP contribution in [0, 0.1) is 0 Å². The Balaban J connectivity index is 0.00000156. The highest BCUT2D eigenvalue weighted by Gasteiger charge is 2.28. The van der Waals surface area contributed by atoms with Crippen molar-refractivity contribution in [3.8, 4) is 0 Å². The molecule has 1 saturated heterocycles. The molecule has 1 aliphatic heterocycles. The molecule has 5 nitrogen and oxygen atoms in total. The summed E-state index contributed by atoms with van der Waals surface area (Å²) in [5.41, 5.74) is 7.27. The van der Waals surface area contributed by atoms with E-state index in [1.807, 2.05) is 42.1 Å². The summed E-state index contributed by atoms with van der Waals surface area (Å²) in [7, 11) is 0. The Bertz CT molecular complexity index is 651. The first-order valence-electron chi connectivity index (χ1n) is 7.63. The number of hydrogen-bond donors (Lipinski definition) is 2. The number of halogens is 2. The molecule has 2 heterocycles. The van der Waals surface area contributed by atoms with Crippen LogP contribution in [0.15, 0.2) is 48.7 Å². The van der Waals surface area contributed by atoms with Gasteiger partial charge in [-0.05, 0) is 17.7 Å². The van der Waals surface area contributed by atoms with E-state index in [2.05, 4.69) is 15.2 Å². The number of hydrogen-bond acceptors (Lipinski definition) is 5. The second kappa shape index (κ2) is 10.5. The molecule has 0 saturated carbocycles. The van der Waals surface area contributed by atoms with E-state index in [9.17, 15) is 4.79 Å². The van der Waals surface area contributed by atoms with Crippen LogP contribution < -0.4 is 11.1 Å². The number of nitrogens with one attached hydrogen (secondary N) is 1. The smallest absolute Gasteiger partial charge is 0.246 e. The Morgan fingerprint density at radius 1 is 1.12 bits per heavy atom. The number of thioether (sulfide) groups is 1. The van der Waals surface area contributed by atoms with Crippen LogP contribution in [-0.4, -0.2) is 40.4 Å². The van der Waals surface area contributed by atoms with Crippen molar-refractivity contribution in [1.29, 1.82) is 0 Å². The number of nitrogen functional groups attached to an aromatic ring is 1. The van der Waals surface area contributed by atoms with Crippen LogP contribution in [0.4, 0.5) is 11.5 Å². The molecular formula is C17H22Cl2N4OS. The third-order valence-electron chi connectivity index (χ3n) is 3.83. The normalized spacial score (nSPS) is 15.4. The van der Waals surface area contributed by atoms with E-state index in [0.29, 0.717) is 11.5 Å². The van der Waals surface area contributed by atoms with Crippen molar-refractivity contribution in [2.24, 2.45) is 0 Å². The number of pyridine rings is 1. The molecule has 0 radical (unpaired) electrons. The number of rotatable bonds is 4. The quantitative estimate of drug-likeness (QED) is 0.823. The molecule has 3 rings (SSSR count). The summed E-state index contributed by atoms with van der Waals surface area (Å²) in [5, 5.41) is 2.96. The Labute approximate surface area is 164 Å². The number of amides is 1. The molecular weight excluding hydrogens is 379 g/mol. The standard InChI is InChI=1S/C17H20N4OS.2ClH/c18-15-7-6-14(12-19-15)20-17(22)16(13-4-2-1-3-5-13)21-8-10-23-11-9-21;;/h1-7,12,16H,8-11H2,(H2,18,19)(H,20,22);2*1H. The van der Waals surface area contributed by atoms with Crippen LogP contribution in [0.1, 0.15) is 11.6 Å². The number of benzene rings is 1. The summed E-state index contributed by atoms with van der Waals surface area (Å²) in [6.45, 7) is 1.83. The monoisotopic (exact) mass is 400 g/mol. The lowest BCUT2D eigenvalue weighted by Crippen LogP contribution is -2.41. The molecule has 1 fully saturated rings. The molecule has 8 heteroatoms. The van der Waals surface area contributed by atoms with Gasteiger partial charge >= 0.3 is 0 Å². The lowest BCUT2D eigenvalue weighted by molar-refractivity contribution is -0.121. The van der Waals surface area contributed by atoms with Gasteiger partial charge in [0.2, 0.25) is 5.91 Å². The van der Waals surface area contributed by atoms with Crippen LogP contribution in [0.5, 0.6) is 0 Å². The first kappa shape index (κ1) is 21.6. The fourth-order valence-corrected chi connectivity index (χ4v) is 3.62. The van der Waals surface area contributed by atoms with Gasteiger partial charge in [-0.2, -0.15) is 11.8 Å². The molecule has 1 unspecified atom stereocenters. The molecule has 0 spiro atoms. The maximum atomic E-state index is 12.9. The van der Waals surface area contributed by atoms with Crippen molar-refractivity contribution in [1.82, 2.24) is 9.88 Å². The summed E-state index contributed by atoms with van der Waals surface area (Å²) >= 11 is 1.93. The van der Waals surface area contributed by atoms with E-state index in [1.54, 1.807) is 18.3 Å². The molecule has 25 heavy (non-hydrogen) atoms. The van der Waals surface area contributed by atoms with Gasteiger partial charge in [-0.15, -0.1) is 24.8 Å². The van der Waals surface area contributed by atoms with Crippen LogP contribution in [-0.2, 0) is 4.79 Å². The molecule has 0 bridgehead atoms. The van der Waals surface area contributed by atoms with Crippen molar-refractivity contribution < 1.29 is 4.79 Å². The number of nitrogens with zero attached hydrogens (tertiary/aromatic N) is 2. The molecule has 3 N–H and O–H groups in total. The third kappa shape index (κ3) is 5.78. The van der Waals surface area contributed by atoms with Gasteiger partial charge in [-0.3, -0.25) is 9.69 Å². The zero-order valence-corrected chi connectivity index (χ0v) is 16.1. The minimum atomic E-state index is -0.283. The zero-order valence-electron chi connectivity index (χ0n) is 13.6. The molecule has 1 aliphatic rings. The molecule has 1 aromatic carbocycles. The molecule has 1 atom stereocenters. The maximum absolute atomic E-state index is 12.9. The number of nitrogens with two attached hydrogens (primary N) is 1. The van der Waals surface area contributed by atoms with Gasteiger partial charge in [-0.25, -0.2) is 4.98 Å². The van der Waals surface area contributed by atoms with Crippen molar-refractivity contribution in [2.45, 2.75) is 6.04 Å². The Morgan fingerprint density at radius 2 is 1.80 bits per heavy atom. The molecule has 1 amide bonds. The predicted octanol–water partition coefficient (Wildman–Crippen LogP) is 3.24. The van der Waals surface area contributed by atoms with Gasteiger partial charge < -0.3 is 11.1 Å². The number of carbonyl (C=O) groups is 1. The van der Waals surface area contributed by atoms with Gasteiger partial charge in [0.1, 0.15) is 11.9 Å². The summed E-state index contributed by atoms with van der Waals surface area (Å²) in [5.74, 6) is 2.52. The summed E-state index contributed by atoms with van der Waals surface area (Å²) < 4.78 is 0. The highest BCUT2D eigenvalue weighted by atomic mass is 35.5. The largest absolute Gasteiger partial charge is 0.384 e. The second-order valence-corrected chi connectivity index (χ2v) is 6.65. The Hall–Kier alpha value is -1.47. The van der Waals surface area contributed by atoms with Crippen LogP contribution >= 0.6 is 36.6 Å². The van der Waals surface area contributed by atoms with E-state index < -0.39 is 0 Å². The Morgan fingerprint density at radius 3 is 2.40 bits per heavy atom. The van der Waals surface area contributed by atoms with E-state index >= 15 is 0 Å². The van der Waals surface area contributed by atoms with E-state index in [1.165, 1.54) is 0 Å². The van der Waals surface area contributed by atoms with Crippen LogP contribution in [0.2, 0.25) is 0 Å². The Kier molecular flexibility index (Phi) is 9.06. The second-order valence-electron chi connectivity index (χ2n) is 5.42. The number of carbonyl (C=O) groups excluding carboxylic acids is 1. The van der Waals surface area contributed by atoms with Gasteiger partial charge in [0, 0.05) is 24.6 Å². The molecule has 0 aliphatic carbocycles. The molecule has 1 aromatic heterocycles. The van der Waals surface area contributed by atoms with Crippen molar-refractivity contribution >= 4 is 54.0 Å². The van der Waals surface area contributed by atoms with Crippen molar-refractivity contribution in [3.63, 3.8) is 0 Å². The maximum Gasteiger partial charge on any atom is 0.246 e. The summed E-state index contributed by atoms with van der Waals surface area (Å²) in [6.07, 6.45) is 1.58. The minimum absolute atomic E-state index is 0. The van der Waals surface area contributed by atoms with Gasteiger partial charge in [0.15, 0.2) is 0 Å². The van der Waals surface area contributed by atoms with E-state index in [0.717, 1.165) is 30.2 Å². The van der Waals surface area contributed by atoms with Gasteiger partial charge in [0.25, 0.3) is 0 Å². The molecule has 2 aromatic rings. The van der Waals surface area contributed by atoms with E-state index in [4.69, 9.17) is 5.73 Å².